The molecule has 2 heterocycles. The van der Waals surface area contributed by atoms with Gasteiger partial charge in [-0.05, 0) is 6.07 Å². The first kappa shape index (κ1) is 12.0. The predicted molar refractivity (Wildman–Crippen MR) is 49.7 cm³/mol. The van der Waals surface area contributed by atoms with E-state index in [1.807, 2.05) is 0 Å². The van der Waals surface area contributed by atoms with Crippen LogP contribution in [-0.4, -0.2) is 20.7 Å². The maximum atomic E-state index is 13.3. The van der Waals surface area contributed by atoms with Crippen LogP contribution in [-0.2, 0) is 0 Å². The lowest BCUT2D eigenvalue weighted by atomic mass is 10.3. The van der Waals surface area contributed by atoms with Crippen LogP contribution in [0.15, 0.2) is 12.3 Å². The molecule has 0 radical (unpaired) electrons. The highest BCUT2D eigenvalue weighted by Gasteiger charge is 2.23. The number of carbonyl (C=O) groups excluding carboxylic acids is 1. The van der Waals surface area contributed by atoms with Gasteiger partial charge in [0.25, 0.3) is 17.8 Å². The maximum Gasteiger partial charge on any atom is 0.269 e. The number of aromatic nitrogens is 3. The molecule has 0 aliphatic heterocycles. The highest BCUT2D eigenvalue weighted by atomic mass is 19.2. The van der Waals surface area contributed by atoms with E-state index in [0.29, 0.717) is 4.68 Å². The highest BCUT2D eigenvalue weighted by Crippen LogP contribution is 2.20. The summed E-state index contributed by atoms with van der Waals surface area (Å²) >= 11 is 0. The van der Waals surface area contributed by atoms with Crippen molar-refractivity contribution in [3.05, 3.63) is 41.5 Å². The Labute approximate surface area is 96.8 Å². The fourth-order valence-corrected chi connectivity index (χ4v) is 1.26. The Kier molecular flexibility index (Phi) is 2.73. The Hall–Kier alpha value is -2.45. The number of hydrogen-bond acceptors (Lipinski definition) is 3. The van der Waals surface area contributed by atoms with E-state index in [9.17, 15) is 22.4 Å². The monoisotopic (exact) mass is 260 g/mol. The van der Waals surface area contributed by atoms with Gasteiger partial charge in [-0.15, -0.1) is 0 Å². The molecular weight excluding hydrogens is 256 g/mol. The maximum absolute atomic E-state index is 13.3. The molecule has 0 saturated heterocycles. The normalized spacial score (nSPS) is 10.7. The molecule has 94 valence electrons. The van der Waals surface area contributed by atoms with Crippen molar-refractivity contribution in [1.29, 1.82) is 0 Å². The average Bonchev–Trinajstić information content (AvgIpc) is 2.76. The first-order valence-corrected chi connectivity index (χ1v) is 4.47. The minimum atomic E-state index is -1.82. The third-order valence-corrected chi connectivity index (χ3v) is 2.04. The Morgan fingerprint density at radius 2 is 1.72 bits per heavy atom. The zero-order chi connectivity index (χ0) is 13.4. The molecule has 0 saturated carbocycles. The number of halogens is 4. The zero-order valence-corrected chi connectivity index (χ0v) is 8.49. The second kappa shape index (κ2) is 4.09. The van der Waals surface area contributed by atoms with Gasteiger partial charge in [-0.25, -0.2) is 4.68 Å². The van der Waals surface area contributed by atoms with E-state index in [-0.39, 0.29) is 5.69 Å². The van der Waals surface area contributed by atoms with Gasteiger partial charge in [0.2, 0.25) is 11.6 Å². The quantitative estimate of drug-likeness (QED) is 0.644. The van der Waals surface area contributed by atoms with Gasteiger partial charge in [0.15, 0.2) is 0 Å². The van der Waals surface area contributed by atoms with Crippen molar-refractivity contribution in [3.8, 4) is 5.69 Å². The highest BCUT2D eigenvalue weighted by molar-refractivity contribution is 5.90. The topological polar surface area (TPSA) is 73.8 Å². The second-order valence-corrected chi connectivity index (χ2v) is 3.18. The molecule has 0 aliphatic rings. The lowest BCUT2D eigenvalue weighted by Gasteiger charge is -2.05. The van der Waals surface area contributed by atoms with Gasteiger partial charge in [-0.1, -0.05) is 0 Å². The summed E-state index contributed by atoms with van der Waals surface area (Å²) in [4.78, 5) is 13.1. The van der Waals surface area contributed by atoms with Crippen molar-refractivity contribution in [1.82, 2.24) is 14.8 Å². The summed E-state index contributed by atoms with van der Waals surface area (Å²) in [7, 11) is 0. The van der Waals surface area contributed by atoms with Gasteiger partial charge in [0, 0.05) is 6.20 Å². The molecule has 18 heavy (non-hydrogen) atoms. The molecule has 2 aromatic heterocycles. The van der Waals surface area contributed by atoms with Crippen LogP contribution in [0.3, 0.4) is 0 Å². The number of amides is 1. The summed E-state index contributed by atoms with van der Waals surface area (Å²) in [5, 5.41) is 3.38. The number of primary amides is 1. The number of nitrogens with two attached hydrogens (primary N) is 1. The molecule has 0 spiro atoms. The fourth-order valence-electron chi connectivity index (χ4n) is 1.26. The van der Waals surface area contributed by atoms with Crippen molar-refractivity contribution in [2.24, 2.45) is 5.73 Å². The average molecular weight is 260 g/mol. The molecule has 2 aromatic rings. The SMILES string of the molecule is NC(=O)c1ccn(-c2c(F)c(F)nc(F)c2F)n1. The third-order valence-electron chi connectivity index (χ3n) is 2.04. The first-order valence-electron chi connectivity index (χ1n) is 4.47. The summed E-state index contributed by atoms with van der Waals surface area (Å²) < 4.78 is 52.8. The minimum absolute atomic E-state index is 0.313. The molecule has 2 rings (SSSR count). The van der Waals surface area contributed by atoms with Crippen LogP contribution in [0.25, 0.3) is 5.69 Å². The molecule has 0 aromatic carbocycles. The van der Waals surface area contributed by atoms with Gasteiger partial charge < -0.3 is 5.73 Å². The summed E-state index contributed by atoms with van der Waals surface area (Å²) in [5.74, 6) is -8.05. The van der Waals surface area contributed by atoms with Crippen molar-refractivity contribution in [2.45, 2.75) is 0 Å². The van der Waals surface area contributed by atoms with Crippen molar-refractivity contribution in [3.63, 3.8) is 0 Å². The Bertz CT molecular complexity index is 613. The Morgan fingerprint density at radius 1 is 1.17 bits per heavy atom. The summed E-state index contributed by atoms with van der Waals surface area (Å²) in [6, 6.07) is 1.04. The standard InChI is InChI=1S/C9H4F4N4O/c10-4-6(5(11)8(13)15-7(4)12)17-2-1-3(16-17)9(14)18/h1-2H,(H2,14,18). The van der Waals surface area contributed by atoms with E-state index >= 15 is 0 Å². The van der Waals surface area contributed by atoms with E-state index in [2.05, 4.69) is 10.1 Å². The zero-order valence-electron chi connectivity index (χ0n) is 8.49. The molecule has 0 aliphatic carbocycles. The molecule has 5 nitrogen and oxygen atoms in total. The van der Waals surface area contributed by atoms with Crippen LogP contribution < -0.4 is 5.73 Å². The van der Waals surface area contributed by atoms with Crippen molar-refractivity contribution >= 4 is 5.91 Å². The van der Waals surface area contributed by atoms with Gasteiger partial charge in [0.05, 0.1) is 0 Å². The molecule has 1 amide bonds. The molecule has 2 N–H and O–H groups in total. The van der Waals surface area contributed by atoms with E-state index in [1.165, 1.54) is 0 Å². The summed E-state index contributed by atoms with van der Waals surface area (Å²) in [5.41, 5.74) is 3.45. The number of pyridine rings is 1. The molecular formula is C9H4F4N4O. The Morgan fingerprint density at radius 3 is 2.17 bits per heavy atom. The predicted octanol–water partition coefficient (Wildman–Crippen LogP) is 0.923. The molecule has 0 bridgehead atoms. The van der Waals surface area contributed by atoms with E-state index in [1.54, 1.807) is 0 Å². The Balaban J connectivity index is 2.66. The smallest absolute Gasteiger partial charge is 0.269 e. The van der Waals surface area contributed by atoms with Gasteiger partial charge in [-0.2, -0.15) is 27.6 Å². The van der Waals surface area contributed by atoms with Gasteiger partial charge in [0.1, 0.15) is 11.4 Å². The van der Waals surface area contributed by atoms with E-state index in [0.717, 1.165) is 12.3 Å². The number of hydrogen-bond donors (Lipinski definition) is 1. The lowest BCUT2D eigenvalue weighted by Crippen LogP contribution is -2.14. The molecule has 0 atom stereocenters. The van der Waals surface area contributed by atoms with E-state index in [4.69, 9.17) is 5.73 Å². The molecule has 0 fully saturated rings. The van der Waals surface area contributed by atoms with Crippen molar-refractivity contribution in [2.75, 3.05) is 0 Å². The third kappa shape index (κ3) is 1.79. The van der Waals surface area contributed by atoms with Gasteiger partial charge >= 0.3 is 0 Å². The molecule has 0 unspecified atom stereocenters. The fraction of sp³-hybridized carbons (Fsp3) is 0. The van der Waals surface area contributed by atoms with Crippen LogP contribution in [0, 0.1) is 23.5 Å². The van der Waals surface area contributed by atoms with E-state index < -0.39 is 35.1 Å². The minimum Gasteiger partial charge on any atom is -0.364 e. The number of nitrogens with zero attached hydrogens (tertiary/aromatic N) is 3. The van der Waals surface area contributed by atoms with Crippen LogP contribution in [0.5, 0.6) is 0 Å². The summed E-state index contributed by atoms with van der Waals surface area (Å²) in [6.07, 6.45) is 0.931. The van der Waals surface area contributed by atoms with Crippen molar-refractivity contribution < 1.29 is 22.4 Å². The van der Waals surface area contributed by atoms with Crippen LogP contribution in [0.1, 0.15) is 10.5 Å². The van der Waals surface area contributed by atoms with Gasteiger partial charge in [-0.3, -0.25) is 4.79 Å². The second-order valence-electron chi connectivity index (χ2n) is 3.18. The largest absolute Gasteiger partial charge is 0.364 e. The van der Waals surface area contributed by atoms with Crippen LogP contribution >= 0.6 is 0 Å². The summed E-state index contributed by atoms with van der Waals surface area (Å²) in [6.45, 7) is 0. The first-order chi connectivity index (χ1) is 8.41. The number of rotatable bonds is 2. The molecule has 9 heteroatoms. The number of carbonyl (C=O) groups is 1. The van der Waals surface area contributed by atoms with Crippen LogP contribution in [0.2, 0.25) is 0 Å². The lowest BCUT2D eigenvalue weighted by molar-refractivity contribution is 0.0995. The van der Waals surface area contributed by atoms with Crippen LogP contribution in [0.4, 0.5) is 17.6 Å².